The van der Waals surface area contributed by atoms with Crippen molar-refractivity contribution in [1.82, 2.24) is 0 Å². The molecule has 0 fully saturated rings. The van der Waals surface area contributed by atoms with E-state index in [1.165, 1.54) is 4.90 Å². The molecule has 0 aromatic heterocycles. The minimum Gasteiger partial charge on any atom is -0.762 e. The van der Waals surface area contributed by atoms with Gasteiger partial charge in [-0.1, -0.05) is 60.3 Å². The quantitative estimate of drug-likeness (QED) is 0.353. The van der Waals surface area contributed by atoms with Crippen LogP contribution < -0.4 is 23.8 Å². The van der Waals surface area contributed by atoms with E-state index in [4.69, 9.17) is 0 Å². The minimum atomic E-state index is 0. The van der Waals surface area contributed by atoms with Crippen LogP contribution in [-0.4, -0.2) is 12.9 Å². The molecule has 0 saturated carbocycles. The van der Waals surface area contributed by atoms with Crippen LogP contribution in [-0.2, 0) is 0 Å². The topological polar surface area (TPSA) is 25.5 Å². The average molecular weight is 312 g/mol. The number of thioether (sulfide) groups is 1. The van der Waals surface area contributed by atoms with Gasteiger partial charge in [-0.05, 0) is 35.7 Å². The average Bonchev–Trinajstić information content (AvgIpc) is 2.59. The molecule has 0 radical (unpaired) electrons. The molecule has 4 heteroatoms. The number of anilines is 1. The van der Waals surface area contributed by atoms with E-state index >= 15 is 0 Å². The first kappa shape index (κ1) is 19.2. The van der Waals surface area contributed by atoms with E-state index in [0.29, 0.717) is 5.70 Å². The van der Waals surface area contributed by atoms with Gasteiger partial charge in [0, 0.05) is 17.6 Å². The van der Waals surface area contributed by atoms with Crippen LogP contribution in [0.3, 0.4) is 0 Å². The molecule has 23 heavy (non-hydrogen) atoms. The third-order valence-electron chi connectivity index (χ3n) is 3.01. The van der Waals surface area contributed by atoms with Gasteiger partial charge in [0.25, 0.3) is 0 Å². The van der Waals surface area contributed by atoms with E-state index in [9.17, 15) is 5.41 Å². The van der Waals surface area contributed by atoms with Gasteiger partial charge in [-0.2, -0.15) is 0 Å². The summed E-state index contributed by atoms with van der Waals surface area (Å²) in [4.78, 5) is 3.06. The number of benzene rings is 2. The molecule has 0 heterocycles. The molecule has 0 unspecified atom stereocenters. The van der Waals surface area contributed by atoms with Gasteiger partial charge in [0.2, 0.25) is 0 Å². The molecule has 2 aromatic rings. The Bertz CT molecular complexity index is 690. The molecule has 2 rings (SSSR count). The van der Waals surface area contributed by atoms with Crippen molar-refractivity contribution in [2.24, 2.45) is 0 Å². The Morgan fingerprint density at radius 2 is 1.61 bits per heavy atom. The first-order chi connectivity index (χ1) is 10.8. The Balaban J connectivity index is 0.00000264. The molecule has 2 nitrogen and oxygen atoms in total. The van der Waals surface area contributed by atoms with Gasteiger partial charge in [0.15, 0.2) is 0 Å². The number of likely N-dealkylation sites (N-methyl/N-ethyl adjacent to an activating group) is 1. The van der Waals surface area contributed by atoms with Crippen molar-refractivity contribution in [2.45, 2.75) is 4.90 Å². The van der Waals surface area contributed by atoms with Crippen LogP contribution in [0.1, 0.15) is 0 Å². The van der Waals surface area contributed by atoms with Gasteiger partial charge in [-0.25, -0.2) is 5.87 Å². The van der Waals surface area contributed by atoms with Gasteiger partial charge in [-0.3, -0.25) is 0 Å². The fourth-order valence-electron chi connectivity index (χ4n) is 1.82. The zero-order valence-electron chi connectivity index (χ0n) is 13.4. The van der Waals surface area contributed by atoms with E-state index in [1.807, 2.05) is 84.1 Å². The molecule has 2 aromatic carbocycles. The Morgan fingerprint density at radius 1 is 1.00 bits per heavy atom. The van der Waals surface area contributed by atoms with Crippen molar-refractivity contribution in [2.75, 3.05) is 11.9 Å². The number of para-hydroxylation sites is 1. The Labute approximate surface area is 154 Å². The summed E-state index contributed by atoms with van der Waals surface area (Å²) in [6.45, 7) is 0. The molecule has 0 bridgehead atoms. The van der Waals surface area contributed by atoms with Crippen molar-refractivity contribution < 1.29 is 18.9 Å². The molecule has 0 aliphatic carbocycles. The summed E-state index contributed by atoms with van der Waals surface area (Å²) in [7, 11) is 1.89. The van der Waals surface area contributed by atoms with Crippen LogP contribution in [0, 0.1) is 0 Å². The fourth-order valence-corrected chi connectivity index (χ4v) is 2.46. The van der Waals surface area contributed by atoms with E-state index in [0.717, 1.165) is 5.69 Å². The summed E-state index contributed by atoms with van der Waals surface area (Å²) in [5.74, 6) is 2.22. The maximum Gasteiger partial charge on any atom is 1.00 e. The van der Waals surface area contributed by atoms with E-state index < -0.39 is 0 Å². The van der Waals surface area contributed by atoms with Gasteiger partial charge in [-0.15, -0.1) is 0 Å². The maximum absolute atomic E-state index is 9.28. The van der Waals surface area contributed by atoms with Crippen LogP contribution in [0.4, 0.5) is 5.69 Å². The molecule has 0 spiro atoms. The standard InChI is InChI=1S/C19H17N2S.Li/c1-21(17-10-4-2-5-11-17)18(16-20)12-8-9-15-22-19-13-6-3-7-14-19;/h2-15H,1H3;/q-1;+1/b12-8?,15-9+;. The SMILES string of the molecule is CN(C(=C=[N-])C=C/C=C/Sc1ccccc1)c1ccccc1.[Li+]. The number of hydrogen-bond donors (Lipinski definition) is 0. The van der Waals surface area contributed by atoms with Crippen LogP contribution in [0.2, 0.25) is 0 Å². The van der Waals surface area contributed by atoms with Crippen LogP contribution in [0.5, 0.6) is 0 Å². The van der Waals surface area contributed by atoms with Crippen molar-refractivity contribution >= 4 is 23.3 Å². The van der Waals surface area contributed by atoms with E-state index in [1.54, 1.807) is 11.8 Å². The number of hydrogen-bond acceptors (Lipinski definition) is 2. The summed E-state index contributed by atoms with van der Waals surface area (Å²) in [6.07, 6.45) is 5.64. The Hall–Kier alpha value is -1.88. The number of allylic oxidation sites excluding steroid dienone is 3. The van der Waals surface area contributed by atoms with Gasteiger partial charge in [0.1, 0.15) is 0 Å². The molecule has 110 valence electrons. The first-order valence-corrected chi connectivity index (χ1v) is 7.80. The van der Waals surface area contributed by atoms with Crippen LogP contribution in [0.25, 0.3) is 5.41 Å². The molecule has 0 amide bonds. The normalized spacial score (nSPS) is 10.3. The van der Waals surface area contributed by atoms with Gasteiger partial charge >= 0.3 is 18.9 Å². The molecule has 0 atom stereocenters. The second-order valence-corrected chi connectivity index (χ2v) is 5.49. The third-order valence-corrected chi connectivity index (χ3v) is 3.85. The second kappa shape index (κ2) is 10.8. The molecule has 0 N–H and O–H groups in total. The third kappa shape index (κ3) is 6.40. The second-order valence-electron chi connectivity index (χ2n) is 4.51. The monoisotopic (exact) mass is 312 g/mol. The fraction of sp³-hybridized carbons (Fsp3) is 0.0526. The smallest absolute Gasteiger partial charge is 0.762 e. The molecule has 0 saturated heterocycles. The Morgan fingerprint density at radius 3 is 2.22 bits per heavy atom. The summed E-state index contributed by atoms with van der Waals surface area (Å²) >= 11 is 1.65. The molecule has 0 aliphatic rings. The predicted octanol–water partition coefficient (Wildman–Crippen LogP) is 2.11. The summed E-state index contributed by atoms with van der Waals surface area (Å²) in [5.41, 5.74) is 1.59. The zero-order chi connectivity index (χ0) is 15.6. The largest absolute Gasteiger partial charge is 1.00 e. The summed E-state index contributed by atoms with van der Waals surface area (Å²) in [5, 5.41) is 11.3. The van der Waals surface area contributed by atoms with Gasteiger partial charge in [0.05, 0.1) is 5.70 Å². The first-order valence-electron chi connectivity index (χ1n) is 6.92. The van der Waals surface area contributed by atoms with Crippen LogP contribution >= 0.6 is 11.8 Å². The zero-order valence-corrected chi connectivity index (χ0v) is 14.2. The van der Waals surface area contributed by atoms with Crippen molar-refractivity contribution in [3.63, 3.8) is 0 Å². The van der Waals surface area contributed by atoms with Crippen molar-refractivity contribution in [1.29, 1.82) is 0 Å². The Kier molecular flexibility index (Phi) is 8.98. The van der Waals surface area contributed by atoms with E-state index in [-0.39, 0.29) is 18.9 Å². The molecular formula is C19H17LiN2S. The van der Waals surface area contributed by atoms with Gasteiger partial charge < -0.3 is 10.3 Å². The maximum atomic E-state index is 9.28. The minimum absolute atomic E-state index is 0. The van der Waals surface area contributed by atoms with Crippen molar-refractivity contribution in [3.05, 3.63) is 95.4 Å². The number of nitrogens with zero attached hydrogens (tertiary/aromatic N) is 2. The van der Waals surface area contributed by atoms with E-state index in [2.05, 4.69) is 18.0 Å². The molecular weight excluding hydrogens is 295 g/mol. The van der Waals surface area contributed by atoms with Crippen molar-refractivity contribution in [3.8, 4) is 0 Å². The summed E-state index contributed by atoms with van der Waals surface area (Å²) in [6, 6.07) is 20.0. The van der Waals surface area contributed by atoms with Crippen LogP contribution in [0.15, 0.2) is 94.9 Å². The number of rotatable bonds is 6. The predicted molar refractivity (Wildman–Crippen MR) is 97.3 cm³/mol. The molecule has 0 aliphatic heterocycles. The summed E-state index contributed by atoms with van der Waals surface area (Å²) < 4.78 is 0.